The highest BCUT2D eigenvalue weighted by Gasteiger charge is 2.45. The first-order valence-corrected chi connectivity index (χ1v) is 12.4. The second-order valence-corrected chi connectivity index (χ2v) is 10.6. The summed E-state index contributed by atoms with van der Waals surface area (Å²) in [6.45, 7) is 4.19. The number of hydrogen-bond acceptors (Lipinski definition) is 6. The molecule has 1 heterocycles. The SMILES string of the molecule is CCOC(=O)COc1ccc(S(=O)(=O)N2Cc3cc(O)ccc3C3(CCCC3)C2)cc1C. The number of aryl methyl sites for hydroxylation is 1. The number of carbonyl (C=O) groups excluding carboxylic acids is 1. The molecular formula is C24H29NO6S. The Bertz CT molecular complexity index is 1120. The monoisotopic (exact) mass is 459 g/mol. The first-order chi connectivity index (χ1) is 15.2. The number of phenols is 1. The molecule has 1 spiro atoms. The van der Waals surface area contributed by atoms with Crippen LogP contribution < -0.4 is 4.74 Å². The average Bonchev–Trinajstić information content (AvgIpc) is 3.21. The summed E-state index contributed by atoms with van der Waals surface area (Å²) < 4.78 is 39.1. The van der Waals surface area contributed by atoms with Crippen molar-refractivity contribution in [1.82, 2.24) is 4.31 Å². The Labute approximate surface area is 189 Å². The van der Waals surface area contributed by atoms with E-state index in [-0.39, 0.29) is 35.8 Å². The van der Waals surface area contributed by atoms with E-state index in [1.165, 1.54) is 10.4 Å². The van der Waals surface area contributed by atoms with Crippen LogP contribution >= 0.6 is 0 Å². The van der Waals surface area contributed by atoms with Gasteiger partial charge >= 0.3 is 5.97 Å². The zero-order valence-electron chi connectivity index (χ0n) is 18.5. The van der Waals surface area contributed by atoms with Gasteiger partial charge in [0.2, 0.25) is 10.0 Å². The lowest BCUT2D eigenvalue weighted by Gasteiger charge is -2.41. The van der Waals surface area contributed by atoms with Gasteiger partial charge in [-0.3, -0.25) is 0 Å². The minimum atomic E-state index is -3.76. The predicted molar refractivity (Wildman–Crippen MR) is 119 cm³/mol. The normalized spacial score (nSPS) is 17.8. The van der Waals surface area contributed by atoms with Crippen molar-refractivity contribution in [2.75, 3.05) is 19.8 Å². The number of carbonyl (C=O) groups is 1. The fraction of sp³-hybridized carbons (Fsp3) is 0.458. The van der Waals surface area contributed by atoms with Crippen molar-refractivity contribution >= 4 is 16.0 Å². The minimum Gasteiger partial charge on any atom is -0.508 e. The Balaban J connectivity index is 1.61. The van der Waals surface area contributed by atoms with E-state index >= 15 is 0 Å². The molecule has 2 aromatic carbocycles. The molecule has 1 N–H and O–H groups in total. The number of aromatic hydroxyl groups is 1. The molecule has 8 heteroatoms. The Morgan fingerprint density at radius 3 is 2.59 bits per heavy atom. The van der Waals surface area contributed by atoms with Crippen LogP contribution in [0.5, 0.6) is 11.5 Å². The molecule has 1 aliphatic carbocycles. The first-order valence-electron chi connectivity index (χ1n) is 11.0. The maximum atomic E-state index is 13.6. The van der Waals surface area contributed by atoms with Gasteiger partial charge in [-0.2, -0.15) is 4.31 Å². The molecule has 1 fully saturated rings. The fourth-order valence-electron chi connectivity index (χ4n) is 4.98. The van der Waals surface area contributed by atoms with Crippen molar-refractivity contribution < 1.29 is 27.8 Å². The molecule has 172 valence electrons. The molecule has 0 atom stereocenters. The highest BCUT2D eigenvalue weighted by molar-refractivity contribution is 7.89. The van der Waals surface area contributed by atoms with Crippen molar-refractivity contribution in [3.63, 3.8) is 0 Å². The van der Waals surface area contributed by atoms with Gasteiger partial charge in [0.1, 0.15) is 11.5 Å². The Morgan fingerprint density at radius 1 is 1.16 bits per heavy atom. The van der Waals surface area contributed by atoms with Gasteiger partial charge in [0.25, 0.3) is 0 Å². The van der Waals surface area contributed by atoms with Crippen LogP contribution in [-0.2, 0) is 31.5 Å². The lowest BCUT2D eigenvalue weighted by atomic mass is 9.74. The number of nitrogens with zero attached hydrogens (tertiary/aromatic N) is 1. The average molecular weight is 460 g/mol. The summed E-state index contributed by atoms with van der Waals surface area (Å²) in [5.41, 5.74) is 2.46. The molecule has 7 nitrogen and oxygen atoms in total. The van der Waals surface area contributed by atoms with Gasteiger partial charge in [0.15, 0.2) is 6.61 Å². The van der Waals surface area contributed by atoms with Crippen LogP contribution in [-0.4, -0.2) is 43.6 Å². The summed E-state index contributed by atoms with van der Waals surface area (Å²) in [5, 5.41) is 10.0. The van der Waals surface area contributed by atoms with Crippen LogP contribution in [0.2, 0.25) is 0 Å². The second kappa shape index (κ2) is 8.75. The van der Waals surface area contributed by atoms with Crippen molar-refractivity contribution in [3.8, 4) is 11.5 Å². The highest BCUT2D eigenvalue weighted by Crippen LogP contribution is 2.47. The van der Waals surface area contributed by atoms with Crippen LogP contribution in [0.1, 0.15) is 49.3 Å². The number of hydrogen-bond donors (Lipinski definition) is 1. The van der Waals surface area contributed by atoms with Gasteiger partial charge in [-0.25, -0.2) is 13.2 Å². The van der Waals surface area contributed by atoms with Gasteiger partial charge in [0.05, 0.1) is 11.5 Å². The van der Waals surface area contributed by atoms with E-state index in [4.69, 9.17) is 9.47 Å². The van der Waals surface area contributed by atoms with Gasteiger partial charge in [-0.15, -0.1) is 0 Å². The molecule has 0 bridgehead atoms. The molecule has 4 rings (SSSR count). The zero-order chi connectivity index (χ0) is 22.9. The van der Waals surface area contributed by atoms with Gasteiger partial charge in [-0.05, 0) is 73.7 Å². The van der Waals surface area contributed by atoms with E-state index in [1.807, 2.05) is 6.07 Å². The minimum absolute atomic E-state index is 0.148. The lowest BCUT2D eigenvalue weighted by Crippen LogP contribution is -2.46. The van der Waals surface area contributed by atoms with Crippen LogP contribution in [0, 0.1) is 6.92 Å². The summed E-state index contributed by atoms with van der Waals surface area (Å²) in [4.78, 5) is 11.7. The van der Waals surface area contributed by atoms with Crippen molar-refractivity contribution in [2.45, 2.75) is 56.4 Å². The molecule has 2 aromatic rings. The molecular weight excluding hydrogens is 430 g/mol. The molecule has 32 heavy (non-hydrogen) atoms. The third-order valence-corrected chi connectivity index (χ3v) is 8.27. The Hall–Kier alpha value is -2.58. The molecule has 0 radical (unpaired) electrons. The number of fused-ring (bicyclic) bond motifs is 2. The van der Waals surface area contributed by atoms with Crippen LogP contribution in [0.4, 0.5) is 0 Å². The van der Waals surface area contributed by atoms with E-state index in [0.29, 0.717) is 17.9 Å². The third-order valence-electron chi connectivity index (χ3n) is 6.48. The summed E-state index contributed by atoms with van der Waals surface area (Å²) in [5.74, 6) is 0.119. The standard InChI is InChI=1S/C24H29NO6S/c1-3-30-23(27)15-31-22-9-7-20(12-17(22)2)32(28,29)25-14-18-13-19(26)6-8-21(18)24(16-25)10-4-5-11-24/h6-9,12-13,26H,3-5,10-11,14-16H2,1-2H3. The van der Waals surface area contributed by atoms with Crippen molar-refractivity contribution in [2.24, 2.45) is 0 Å². The van der Waals surface area contributed by atoms with E-state index in [0.717, 1.165) is 36.8 Å². The number of benzene rings is 2. The lowest BCUT2D eigenvalue weighted by molar-refractivity contribution is -0.145. The largest absolute Gasteiger partial charge is 0.508 e. The van der Waals surface area contributed by atoms with E-state index in [1.54, 1.807) is 38.1 Å². The summed E-state index contributed by atoms with van der Waals surface area (Å²) in [6.07, 6.45) is 4.02. The van der Waals surface area contributed by atoms with Crippen molar-refractivity contribution in [3.05, 3.63) is 53.1 Å². The molecule has 0 unspecified atom stereocenters. The molecule has 1 saturated carbocycles. The van der Waals surface area contributed by atoms with Crippen LogP contribution in [0.15, 0.2) is 41.3 Å². The number of esters is 1. The van der Waals surface area contributed by atoms with Gasteiger partial charge < -0.3 is 14.6 Å². The Kier molecular flexibility index (Phi) is 6.18. The van der Waals surface area contributed by atoms with E-state index < -0.39 is 16.0 Å². The number of rotatable bonds is 6. The van der Waals surface area contributed by atoms with Crippen LogP contribution in [0.3, 0.4) is 0 Å². The maximum absolute atomic E-state index is 13.6. The summed E-state index contributed by atoms with van der Waals surface area (Å²) in [7, 11) is -3.76. The van der Waals surface area contributed by atoms with E-state index in [9.17, 15) is 18.3 Å². The van der Waals surface area contributed by atoms with Gasteiger partial charge in [-0.1, -0.05) is 18.9 Å². The van der Waals surface area contributed by atoms with Crippen molar-refractivity contribution in [1.29, 1.82) is 0 Å². The molecule has 0 saturated heterocycles. The smallest absolute Gasteiger partial charge is 0.344 e. The highest BCUT2D eigenvalue weighted by atomic mass is 32.2. The number of phenolic OH excluding ortho intramolecular Hbond substituents is 1. The topological polar surface area (TPSA) is 93.1 Å². The van der Waals surface area contributed by atoms with E-state index in [2.05, 4.69) is 0 Å². The fourth-order valence-corrected chi connectivity index (χ4v) is 6.57. The Morgan fingerprint density at radius 2 is 1.91 bits per heavy atom. The maximum Gasteiger partial charge on any atom is 0.344 e. The third kappa shape index (κ3) is 4.21. The summed E-state index contributed by atoms with van der Waals surface area (Å²) in [6, 6.07) is 10.0. The van der Waals surface area contributed by atoms with Gasteiger partial charge in [0, 0.05) is 18.5 Å². The second-order valence-electron chi connectivity index (χ2n) is 8.62. The number of sulfonamides is 1. The van der Waals surface area contributed by atoms with Crippen LogP contribution in [0.25, 0.3) is 0 Å². The molecule has 0 aromatic heterocycles. The molecule has 0 amide bonds. The first kappa shape index (κ1) is 22.6. The molecule has 1 aliphatic heterocycles. The summed E-state index contributed by atoms with van der Waals surface area (Å²) >= 11 is 0. The zero-order valence-corrected chi connectivity index (χ0v) is 19.3. The predicted octanol–water partition coefficient (Wildman–Crippen LogP) is 3.66. The quantitative estimate of drug-likeness (QED) is 0.663. The number of ether oxygens (including phenoxy) is 2. The molecule has 2 aliphatic rings.